The summed E-state index contributed by atoms with van der Waals surface area (Å²) < 4.78 is 39.4. The number of hydrogen-bond donors (Lipinski definition) is 0. The molecule has 0 spiro atoms. The van der Waals surface area contributed by atoms with Crippen molar-refractivity contribution in [3.05, 3.63) is 41.2 Å². The highest BCUT2D eigenvalue weighted by atomic mass is 19.2. The molecule has 1 aliphatic carbocycles. The number of rotatable bonds is 4. The molecule has 24 heavy (non-hydrogen) atoms. The first-order valence-electron chi connectivity index (χ1n) is 9.03. The van der Waals surface area contributed by atoms with Gasteiger partial charge in [-0.05, 0) is 49.8 Å². The van der Waals surface area contributed by atoms with Crippen LogP contribution in [0.1, 0.15) is 57.4 Å². The molecule has 1 unspecified atom stereocenters. The van der Waals surface area contributed by atoms with Crippen LogP contribution in [0.3, 0.4) is 0 Å². The summed E-state index contributed by atoms with van der Waals surface area (Å²) in [7, 11) is 0. The Balaban J connectivity index is 1.69. The van der Waals surface area contributed by atoms with Crippen LogP contribution in [0.4, 0.5) is 8.78 Å². The fourth-order valence-electron chi connectivity index (χ4n) is 3.76. The summed E-state index contributed by atoms with van der Waals surface area (Å²) in [6.07, 6.45) is 7.61. The summed E-state index contributed by atoms with van der Waals surface area (Å²) in [5, 5.41) is 0. The Hall–Kier alpha value is -1.58. The normalized spacial score (nSPS) is 27.3. The van der Waals surface area contributed by atoms with Gasteiger partial charge in [-0.3, -0.25) is 0 Å². The Labute approximate surface area is 142 Å². The second-order valence-electron chi connectivity index (χ2n) is 7.02. The van der Waals surface area contributed by atoms with Crippen molar-refractivity contribution in [2.45, 2.75) is 51.9 Å². The van der Waals surface area contributed by atoms with E-state index in [4.69, 9.17) is 9.47 Å². The van der Waals surface area contributed by atoms with E-state index in [0.29, 0.717) is 31.1 Å². The van der Waals surface area contributed by atoms with Gasteiger partial charge in [-0.25, -0.2) is 4.39 Å². The van der Waals surface area contributed by atoms with Crippen LogP contribution < -0.4 is 4.74 Å². The van der Waals surface area contributed by atoms with Crippen LogP contribution in [0, 0.1) is 23.5 Å². The lowest BCUT2D eigenvalue weighted by atomic mass is 9.81. The van der Waals surface area contributed by atoms with Crippen molar-refractivity contribution < 1.29 is 18.3 Å². The van der Waals surface area contributed by atoms with Gasteiger partial charge in [0.05, 0.1) is 19.0 Å². The molecule has 4 heteroatoms. The van der Waals surface area contributed by atoms with Gasteiger partial charge in [-0.2, -0.15) is 4.39 Å². The summed E-state index contributed by atoms with van der Waals surface area (Å²) in [6.45, 7) is 4.78. The third kappa shape index (κ3) is 3.57. The summed E-state index contributed by atoms with van der Waals surface area (Å²) >= 11 is 0. The van der Waals surface area contributed by atoms with Gasteiger partial charge in [-0.1, -0.05) is 25.8 Å². The van der Waals surface area contributed by atoms with E-state index in [2.05, 4.69) is 13.0 Å². The van der Waals surface area contributed by atoms with Crippen LogP contribution in [0.5, 0.6) is 5.75 Å². The molecule has 0 radical (unpaired) electrons. The molecular weight excluding hydrogens is 310 g/mol. The van der Waals surface area contributed by atoms with Crippen LogP contribution in [0.15, 0.2) is 24.0 Å². The zero-order valence-electron chi connectivity index (χ0n) is 14.5. The maximum absolute atomic E-state index is 14.3. The Kier molecular flexibility index (Phi) is 5.42. The standard InChI is InChI=1S/C20H26F2O2/c1-3-23-18-11-9-16(19(21)20(18)22)15-8-10-17(24-12-15)14-6-4-13(2)5-7-14/h9-11,13-15H,3-8,12H2,1-2H3. The number of benzene rings is 1. The van der Waals surface area contributed by atoms with Crippen molar-refractivity contribution in [2.75, 3.05) is 13.2 Å². The lowest BCUT2D eigenvalue weighted by Gasteiger charge is -2.32. The molecule has 1 heterocycles. The zero-order valence-corrected chi connectivity index (χ0v) is 14.5. The second kappa shape index (κ2) is 7.54. The molecule has 1 saturated carbocycles. The van der Waals surface area contributed by atoms with E-state index in [1.54, 1.807) is 13.0 Å². The Morgan fingerprint density at radius 2 is 1.83 bits per heavy atom. The van der Waals surface area contributed by atoms with Crippen molar-refractivity contribution in [1.29, 1.82) is 0 Å². The van der Waals surface area contributed by atoms with E-state index in [1.807, 2.05) is 0 Å². The first kappa shape index (κ1) is 17.2. The molecule has 2 aliphatic rings. The maximum atomic E-state index is 14.3. The van der Waals surface area contributed by atoms with Crippen molar-refractivity contribution in [3.63, 3.8) is 0 Å². The number of allylic oxidation sites excluding steroid dienone is 2. The molecule has 0 saturated heterocycles. The smallest absolute Gasteiger partial charge is 0.200 e. The van der Waals surface area contributed by atoms with Crippen LogP contribution in [0.2, 0.25) is 0 Å². The molecule has 1 fully saturated rings. The maximum Gasteiger partial charge on any atom is 0.200 e. The fraction of sp³-hybridized carbons (Fsp3) is 0.600. The van der Waals surface area contributed by atoms with Crippen LogP contribution in [-0.2, 0) is 4.74 Å². The third-order valence-corrected chi connectivity index (χ3v) is 5.29. The van der Waals surface area contributed by atoms with Crippen LogP contribution >= 0.6 is 0 Å². The minimum absolute atomic E-state index is 0.0250. The molecule has 0 aromatic heterocycles. The van der Waals surface area contributed by atoms with Gasteiger partial charge >= 0.3 is 0 Å². The molecule has 1 aliphatic heterocycles. The highest BCUT2D eigenvalue weighted by Crippen LogP contribution is 2.38. The van der Waals surface area contributed by atoms with Crippen molar-refractivity contribution in [2.24, 2.45) is 11.8 Å². The fourth-order valence-corrected chi connectivity index (χ4v) is 3.76. The zero-order chi connectivity index (χ0) is 17.1. The summed E-state index contributed by atoms with van der Waals surface area (Å²) in [5.41, 5.74) is 0.378. The van der Waals surface area contributed by atoms with Gasteiger partial charge < -0.3 is 9.47 Å². The second-order valence-corrected chi connectivity index (χ2v) is 7.02. The van der Waals surface area contributed by atoms with Crippen molar-refractivity contribution >= 4 is 0 Å². The molecule has 132 valence electrons. The first-order valence-corrected chi connectivity index (χ1v) is 9.03. The molecule has 3 rings (SSSR count). The van der Waals surface area contributed by atoms with Gasteiger partial charge in [0.15, 0.2) is 11.6 Å². The average molecular weight is 336 g/mol. The lowest BCUT2D eigenvalue weighted by Crippen LogP contribution is -2.21. The van der Waals surface area contributed by atoms with Gasteiger partial charge in [0.25, 0.3) is 0 Å². The minimum Gasteiger partial charge on any atom is -0.497 e. The van der Waals surface area contributed by atoms with Crippen LogP contribution in [-0.4, -0.2) is 13.2 Å². The minimum atomic E-state index is -0.898. The lowest BCUT2D eigenvalue weighted by molar-refractivity contribution is 0.124. The highest BCUT2D eigenvalue weighted by molar-refractivity contribution is 5.34. The number of hydrogen-bond acceptors (Lipinski definition) is 2. The summed E-state index contributed by atoms with van der Waals surface area (Å²) in [4.78, 5) is 0. The highest BCUT2D eigenvalue weighted by Gasteiger charge is 2.28. The molecule has 0 amide bonds. The molecular formula is C20H26F2O2. The monoisotopic (exact) mass is 336 g/mol. The van der Waals surface area contributed by atoms with E-state index in [9.17, 15) is 8.78 Å². The Bertz CT molecular complexity index is 604. The number of halogens is 2. The van der Waals surface area contributed by atoms with Crippen LogP contribution in [0.25, 0.3) is 0 Å². The molecule has 1 aromatic carbocycles. The predicted octanol–water partition coefficient (Wildman–Crippen LogP) is 5.58. The van der Waals surface area contributed by atoms with E-state index in [-0.39, 0.29) is 11.7 Å². The third-order valence-electron chi connectivity index (χ3n) is 5.29. The topological polar surface area (TPSA) is 18.5 Å². The van der Waals surface area contributed by atoms with Gasteiger partial charge in [0.1, 0.15) is 0 Å². The first-order chi connectivity index (χ1) is 11.6. The molecule has 1 aromatic rings. The van der Waals surface area contributed by atoms with E-state index in [0.717, 1.165) is 11.7 Å². The summed E-state index contributed by atoms with van der Waals surface area (Å²) in [5.74, 6) is 0.501. The summed E-state index contributed by atoms with van der Waals surface area (Å²) in [6, 6.07) is 3.14. The quantitative estimate of drug-likeness (QED) is 0.715. The van der Waals surface area contributed by atoms with Crippen molar-refractivity contribution in [1.82, 2.24) is 0 Å². The number of ether oxygens (including phenoxy) is 2. The largest absolute Gasteiger partial charge is 0.497 e. The molecule has 0 bridgehead atoms. The van der Waals surface area contributed by atoms with Gasteiger partial charge in [-0.15, -0.1) is 0 Å². The van der Waals surface area contributed by atoms with Crippen molar-refractivity contribution in [3.8, 4) is 5.75 Å². The SMILES string of the molecule is CCOc1ccc(C2CC=C(C3CCC(C)CC3)OC2)c(F)c1F. The van der Waals surface area contributed by atoms with Gasteiger partial charge in [0, 0.05) is 11.8 Å². The van der Waals surface area contributed by atoms with E-state index < -0.39 is 11.6 Å². The Morgan fingerprint density at radius 1 is 1.08 bits per heavy atom. The van der Waals surface area contributed by atoms with E-state index in [1.165, 1.54) is 31.7 Å². The predicted molar refractivity (Wildman–Crippen MR) is 90.0 cm³/mol. The molecule has 0 N–H and O–H groups in total. The average Bonchev–Trinajstić information content (AvgIpc) is 2.60. The molecule has 2 nitrogen and oxygen atoms in total. The Morgan fingerprint density at radius 3 is 2.46 bits per heavy atom. The van der Waals surface area contributed by atoms with E-state index >= 15 is 0 Å². The molecule has 1 atom stereocenters. The van der Waals surface area contributed by atoms with Gasteiger partial charge in [0.2, 0.25) is 5.82 Å².